The Morgan fingerprint density at radius 2 is 1.33 bits per heavy atom. The van der Waals surface area contributed by atoms with Crippen molar-refractivity contribution in [1.82, 2.24) is 37.2 Å². The number of hydrogen-bond donors (Lipinski definition) is 19. The summed E-state index contributed by atoms with van der Waals surface area (Å²) in [6.45, 7) is 5.98. The Balaban J connectivity index is 1.24. The third kappa shape index (κ3) is 16.0. The third-order valence-corrected chi connectivity index (χ3v) is 19.2. The second-order valence-electron chi connectivity index (χ2n) is 26.5. The fourth-order valence-electron chi connectivity index (χ4n) is 13.1. The molecule has 0 aromatic heterocycles. The van der Waals surface area contributed by atoms with Gasteiger partial charge in [0, 0.05) is 53.7 Å². The Labute approximate surface area is 591 Å². The van der Waals surface area contributed by atoms with Crippen molar-refractivity contribution in [2.24, 2.45) is 23.3 Å². The zero-order valence-electron chi connectivity index (χ0n) is 55.3. The van der Waals surface area contributed by atoms with Gasteiger partial charge in [0.05, 0.1) is 34.4 Å². The number of nitrogens with two attached hydrogens (primary N) is 2. The number of carbonyl (C=O) groups is 8. The number of carboxylic acids is 1. The summed E-state index contributed by atoms with van der Waals surface area (Å²) >= 11 is 14.2. The number of likely N-dealkylation sites (N-methyl/N-ethyl adjacent to an activating group) is 1. The van der Waals surface area contributed by atoms with Crippen molar-refractivity contribution in [3.05, 3.63) is 117 Å². The maximum absolute atomic E-state index is 16.1. The molecule has 11 bridgehead atoms. The standard InChI is InChI=1S/C68H79Cl2N9O23/c1-25(2)14-38(73-5)62(91)78-52-54(85)28-7-11-41(35(69)16-28)99-43-18-30-19-44(58(43)101-45-20-31(24-80)56(87)57(88)59(45)102-47-23-68(4,72)60(89)26(3)98-47)100-42-12-8-29(17-36(42)70)55(86)53-66(95)77-51(67(96)97)34-21-32(81)22-40(83)48(34)33-15-27(6-10-39(33)82)49(63(92)79-53)76-64(93)50(30)75-61(90)37(74-65(52)94)9-13-46(71)84/h6-8,10-12,15-19,21-22,25-26,31,37-38,45,47,49-57,59-60,73,80-83,85-89H,9,13-14,20,23-24,72H2,1-5H3,(H2,71,84)(H,74,94)(H,75,90)(H,76,93)(H,77,95)(H,78,91)(H,79,92)(H,96,97)/t26-,31+,37-,38+,45+,47-,49+,50+,51-,52+,53-,54+,55+,56+,57-,59-,60+,68-/m0/s1. The van der Waals surface area contributed by atoms with Crippen LogP contribution in [0, 0.1) is 11.8 Å². The lowest BCUT2D eigenvalue weighted by Crippen LogP contribution is -2.63. The van der Waals surface area contributed by atoms with E-state index in [4.69, 9.17) is 58.4 Å². The highest BCUT2D eigenvalue weighted by Gasteiger charge is 2.51. The van der Waals surface area contributed by atoms with Crippen molar-refractivity contribution in [3.63, 3.8) is 0 Å². The van der Waals surface area contributed by atoms with E-state index in [2.05, 4.69) is 37.2 Å². The lowest BCUT2D eigenvalue weighted by atomic mass is 9.80. The van der Waals surface area contributed by atoms with Gasteiger partial charge in [-0.25, -0.2) is 4.79 Å². The van der Waals surface area contributed by atoms with Crippen LogP contribution in [-0.2, 0) is 47.8 Å². The summed E-state index contributed by atoms with van der Waals surface area (Å²) in [6.07, 6.45) is -16.1. The van der Waals surface area contributed by atoms with Gasteiger partial charge in [0.1, 0.15) is 89.5 Å². The smallest absolute Gasteiger partial charge is 0.330 e. The van der Waals surface area contributed by atoms with E-state index in [0.29, 0.717) is 0 Å². The topological polar surface area (TPSA) is 521 Å². The fraction of sp³-hybridized carbons (Fsp3) is 0.441. The van der Waals surface area contributed by atoms with E-state index in [1.807, 2.05) is 13.8 Å². The summed E-state index contributed by atoms with van der Waals surface area (Å²) in [5.74, 6) is -16.1. The molecule has 0 radical (unpaired) electrons. The van der Waals surface area contributed by atoms with Crippen LogP contribution in [0.4, 0.5) is 0 Å². The number of nitrogens with one attached hydrogen (secondary N) is 7. The van der Waals surface area contributed by atoms with Gasteiger partial charge >= 0.3 is 5.97 Å². The highest BCUT2D eigenvalue weighted by Crippen LogP contribution is 2.50. The lowest BCUT2D eigenvalue weighted by Gasteiger charge is -2.47. The van der Waals surface area contributed by atoms with Crippen molar-refractivity contribution in [3.8, 4) is 57.1 Å². The number of carbonyl (C=O) groups excluding carboxylic acids is 7. The van der Waals surface area contributed by atoms with Gasteiger partial charge in [-0.3, -0.25) is 33.6 Å². The van der Waals surface area contributed by atoms with Gasteiger partial charge in [0.2, 0.25) is 47.1 Å². The number of aliphatic hydroxyl groups is 6. The molecule has 7 aliphatic rings. The number of carboxylic acid groups (broad SMARTS) is 1. The van der Waals surface area contributed by atoms with E-state index in [-0.39, 0.29) is 58.4 Å². The zero-order chi connectivity index (χ0) is 74.2. The van der Waals surface area contributed by atoms with Gasteiger partial charge in [-0.2, -0.15) is 0 Å². The number of aliphatic carboxylic acids is 1. The number of phenols is 3. The SMILES string of the molecule is CN[C@H](CC(C)C)C(=O)N[C@H]1C(=O)N[C@@H](CCC(N)=O)C(=O)N[C@H]2C(=O)N[C@H]3C(=O)N[C@H](C(=O)N[C@H](C(=O)O)c4cc(O)cc(O)c4-c4cc3ccc4O)[C@H](O)c3ccc(c(Cl)c3)Oc3cc2cc(c3O[C@@H]2C[C@H](CO)[C@@H](O)[C@H](O)[C@H]2O[C@H]2C[C@](C)(N)[C@H](O)[C@H](C)O2)Oc2ccc(cc2Cl)[C@H]1O. The van der Waals surface area contributed by atoms with Crippen LogP contribution in [0.2, 0.25) is 10.0 Å². The van der Waals surface area contributed by atoms with Crippen LogP contribution >= 0.6 is 23.2 Å². The predicted octanol–water partition coefficient (Wildman–Crippen LogP) is 1.16. The molecule has 0 unspecified atom stereocenters. The van der Waals surface area contributed by atoms with Crippen molar-refractivity contribution in [2.75, 3.05) is 13.7 Å². The number of rotatable bonds is 14. The molecule has 6 aliphatic heterocycles. The molecular weight excluding hydrogens is 1380 g/mol. The van der Waals surface area contributed by atoms with E-state index < -0.39 is 237 Å². The highest BCUT2D eigenvalue weighted by atomic mass is 35.5. The molecule has 2 fully saturated rings. The Bertz CT molecular complexity index is 4090. The molecule has 102 heavy (non-hydrogen) atoms. The van der Waals surface area contributed by atoms with E-state index >= 15 is 14.4 Å². The van der Waals surface area contributed by atoms with E-state index in [0.717, 1.165) is 54.6 Å². The first-order chi connectivity index (χ1) is 48.2. The molecule has 1 saturated heterocycles. The molecule has 0 spiro atoms. The predicted molar refractivity (Wildman–Crippen MR) is 357 cm³/mol. The Kier molecular flexibility index (Phi) is 22.8. The first-order valence-corrected chi connectivity index (χ1v) is 33.2. The van der Waals surface area contributed by atoms with Crippen molar-refractivity contribution < 1.29 is 113 Å². The van der Waals surface area contributed by atoms with Gasteiger partial charge in [-0.1, -0.05) is 55.2 Å². The Hall–Kier alpha value is -9.16. The van der Waals surface area contributed by atoms with Gasteiger partial charge in [-0.15, -0.1) is 0 Å². The van der Waals surface area contributed by atoms with Gasteiger partial charge in [0.15, 0.2) is 23.8 Å². The lowest BCUT2D eigenvalue weighted by molar-refractivity contribution is -0.286. The van der Waals surface area contributed by atoms with Crippen LogP contribution in [0.1, 0.15) is 118 Å². The molecule has 548 valence electrons. The average Bonchev–Trinajstić information content (AvgIpc) is 0.768. The average molecular weight is 1460 g/mol. The quantitative estimate of drug-likeness (QED) is 0.0741. The van der Waals surface area contributed by atoms with Gasteiger partial charge < -0.3 is 123 Å². The largest absolute Gasteiger partial charge is 0.508 e. The maximum atomic E-state index is 16.1. The first kappa shape index (κ1) is 75.5. The van der Waals surface area contributed by atoms with Crippen LogP contribution in [0.3, 0.4) is 0 Å². The molecule has 1 saturated carbocycles. The number of hydrogen-bond acceptors (Lipinski definition) is 24. The molecule has 6 heterocycles. The molecule has 5 aromatic carbocycles. The number of amides is 7. The fourth-order valence-corrected chi connectivity index (χ4v) is 13.6. The summed E-state index contributed by atoms with van der Waals surface area (Å²) < 4.78 is 32.7. The molecule has 32 nitrogen and oxygen atoms in total. The number of aliphatic hydroxyl groups excluding tert-OH is 6. The van der Waals surface area contributed by atoms with E-state index in [9.17, 15) is 75.0 Å². The summed E-state index contributed by atoms with van der Waals surface area (Å²) in [7, 11) is 1.49. The molecule has 1 aliphatic carbocycles. The third-order valence-electron chi connectivity index (χ3n) is 18.6. The number of fused-ring (bicyclic) bond motifs is 15. The highest BCUT2D eigenvalue weighted by molar-refractivity contribution is 6.32. The zero-order valence-corrected chi connectivity index (χ0v) is 56.8. The van der Waals surface area contributed by atoms with Crippen molar-refractivity contribution >= 4 is 70.5 Å². The molecule has 34 heteroatoms. The van der Waals surface area contributed by atoms with E-state index in [1.165, 1.54) is 38.2 Å². The molecule has 18 atom stereocenters. The number of phenolic OH excluding ortho intramolecular Hbond substituents is 3. The molecule has 5 aromatic rings. The van der Waals surface area contributed by atoms with Crippen LogP contribution in [-0.4, -0.2) is 185 Å². The number of benzene rings is 5. The van der Waals surface area contributed by atoms with Crippen molar-refractivity contribution in [2.45, 2.75) is 163 Å². The summed E-state index contributed by atoms with van der Waals surface area (Å²) in [5, 5.41) is 132. The summed E-state index contributed by atoms with van der Waals surface area (Å²) in [4.78, 5) is 117. The molecule has 21 N–H and O–H groups in total. The Morgan fingerprint density at radius 3 is 1.92 bits per heavy atom. The molecular formula is C68H79Cl2N9O23. The first-order valence-electron chi connectivity index (χ1n) is 32.5. The van der Waals surface area contributed by atoms with Crippen LogP contribution in [0.5, 0.6) is 46.0 Å². The maximum Gasteiger partial charge on any atom is 0.330 e. The Morgan fingerprint density at radius 1 is 0.725 bits per heavy atom. The summed E-state index contributed by atoms with van der Waals surface area (Å²) in [5.41, 5.74) is 8.20. The van der Waals surface area contributed by atoms with Crippen molar-refractivity contribution in [1.29, 1.82) is 0 Å². The number of ether oxygens (including phenoxy) is 5. The van der Waals surface area contributed by atoms with Crippen LogP contribution in [0.15, 0.2) is 78.9 Å². The summed E-state index contributed by atoms with van der Waals surface area (Å²) in [6, 6.07) is 0.207. The normalized spacial score (nSPS) is 29.3. The van der Waals surface area contributed by atoms with E-state index in [1.54, 1.807) is 6.92 Å². The number of aromatic hydroxyl groups is 3. The number of halogens is 2. The molecule has 12 rings (SSSR count). The monoisotopic (exact) mass is 1460 g/mol. The van der Waals surface area contributed by atoms with Gasteiger partial charge in [-0.05, 0) is 123 Å². The number of primary amides is 1. The second kappa shape index (κ2) is 30.8. The van der Waals surface area contributed by atoms with Gasteiger partial charge in [0.25, 0.3) is 0 Å². The second-order valence-corrected chi connectivity index (χ2v) is 27.4. The van der Waals surface area contributed by atoms with Crippen LogP contribution < -0.4 is 62.9 Å². The minimum Gasteiger partial charge on any atom is -0.508 e. The minimum absolute atomic E-state index is 0.0830. The molecule has 7 amide bonds. The minimum atomic E-state index is -2.28. The van der Waals surface area contributed by atoms with Crippen LogP contribution in [0.25, 0.3) is 11.1 Å².